The molecule has 0 atom stereocenters. The van der Waals surface area contributed by atoms with E-state index in [0.717, 1.165) is 28.2 Å². The molecule has 182 valence electrons. The van der Waals surface area contributed by atoms with Crippen molar-refractivity contribution in [3.05, 3.63) is 113 Å². The molecule has 2 aliphatic heterocycles. The SMILES string of the molecule is CBc1cc(C)c(C(c2ccc(N3C(=O)C=CC3=O)cc2)c2ccc(N3C(=O)C=CC3=O)cc2)c(C)c1. The molecule has 0 radical (unpaired) electrons. The van der Waals surface area contributed by atoms with Crippen LogP contribution in [0.15, 0.2) is 85.0 Å². The number of imide groups is 2. The van der Waals surface area contributed by atoms with Crippen LogP contribution >= 0.6 is 0 Å². The first-order valence-electron chi connectivity index (χ1n) is 12.2. The average Bonchev–Trinajstić information content (AvgIpc) is 3.41. The van der Waals surface area contributed by atoms with E-state index in [1.807, 2.05) is 24.3 Å². The van der Waals surface area contributed by atoms with E-state index in [1.165, 1.54) is 46.5 Å². The third kappa shape index (κ3) is 4.33. The second-order valence-corrected chi connectivity index (χ2v) is 9.30. The lowest BCUT2D eigenvalue weighted by Crippen LogP contribution is -2.29. The zero-order valence-corrected chi connectivity index (χ0v) is 20.9. The van der Waals surface area contributed by atoms with Gasteiger partial charge in [0.05, 0.1) is 11.4 Å². The molecule has 3 aromatic carbocycles. The monoisotopic (exact) mass is 488 g/mol. The number of hydrogen-bond acceptors (Lipinski definition) is 4. The molecule has 0 bridgehead atoms. The van der Waals surface area contributed by atoms with Gasteiger partial charge in [0.2, 0.25) is 0 Å². The van der Waals surface area contributed by atoms with E-state index >= 15 is 0 Å². The number of amides is 4. The second-order valence-electron chi connectivity index (χ2n) is 9.30. The Balaban J connectivity index is 1.58. The summed E-state index contributed by atoms with van der Waals surface area (Å²) in [6.07, 6.45) is 5.09. The summed E-state index contributed by atoms with van der Waals surface area (Å²) in [6.45, 7) is 6.35. The van der Waals surface area contributed by atoms with E-state index in [4.69, 9.17) is 0 Å². The highest BCUT2D eigenvalue weighted by atomic mass is 16.2. The van der Waals surface area contributed by atoms with E-state index in [2.05, 4.69) is 32.8 Å². The normalized spacial score (nSPS) is 15.0. The van der Waals surface area contributed by atoms with Gasteiger partial charge in [0.15, 0.2) is 7.28 Å². The maximum Gasteiger partial charge on any atom is 0.258 e. The Labute approximate surface area is 216 Å². The fourth-order valence-corrected chi connectivity index (χ4v) is 5.19. The molecule has 6 nitrogen and oxygen atoms in total. The Bertz CT molecular complexity index is 1360. The van der Waals surface area contributed by atoms with E-state index in [9.17, 15) is 19.2 Å². The number of anilines is 2. The van der Waals surface area contributed by atoms with Crippen LogP contribution in [-0.4, -0.2) is 30.9 Å². The number of aryl methyl sites for hydroxylation is 2. The smallest absolute Gasteiger partial charge is 0.258 e. The molecule has 3 aromatic rings. The van der Waals surface area contributed by atoms with Gasteiger partial charge < -0.3 is 0 Å². The summed E-state index contributed by atoms with van der Waals surface area (Å²) in [5.74, 6) is -1.56. The average molecular weight is 488 g/mol. The van der Waals surface area contributed by atoms with Gasteiger partial charge in [-0.05, 0) is 65.9 Å². The summed E-state index contributed by atoms with van der Waals surface area (Å²) in [4.78, 5) is 50.9. The molecule has 2 heterocycles. The zero-order chi connectivity index (χ0) is 26.3. The number of carbonyl (C=O) groups excluding carboxylic acids is 4. The van der Waals surface area contributed by atoms with Crippen molar-refractivity contribution in [2.24, 2.45) is 0 Å². The molecule has 0 saturated carbocycles. The molecule has 37 heavy (non-hydrogen) atoms. The Morgan fingerprint density at radius 3 is 1.27 bits per heavy atom. The fraction of sp³-hybridized carbons (Fsp3) is 0.133. The number of nitrogens with zero attached hydrogens (tertiary/aromatic N) is 2. The van der Waals surface area contributed by atoms with Gasteiger partial charge >= 0.3 is 0 Å². The Hall–Kier alpha value is -4.52. The van der Waals surface area contributed by atoms with Crippen molar-refractivity contribution in [1.82, 2.24) is 0 Å². The minimum Gasteiger partial charge on any atom is -0.269 e. The lowest BCUT2D eigenvalue weighted by molar-refractivity contribution is -0.121. The molecule has 0 N–H and O–H groups in total. The minimum atomic E-state index is -0.354. The molecule has 0 unspecified atom stereocenters. The zero-order valence-electron chi connectivity index (χ0n) is 20.9. The Morgan fingerprint density at radius 2 is 0.946 bits per heavy atom. The highest BCUT2D eigenvalue weighted by molar-refractivity contribution is 6.52. The van der Waals surface area contributed by atoms with Gasteiger partial charge in [-0.25, -0.2) is 9.80 Å². The van der Waals surface area contributed by atoms with Gasteiger partial charge in [-0.3, -0.25) is 19.2 Å². The third-order valence-corrected chi connectivity index (χ3v) is 6.94. The second kappa shape index (κ2) is 9.50. The number of benzene rings is 3. The van der Waals surface area contributed by atoms with Crippen LogP contribution in [0.5, 0.6) is 0 Å². The highest BCUT2D eigenvalue weighted by Gasteiger charge is 2.28. The Kier molecular flexibility index (Phi) is 6.21. The molecule has 7 heteroatoms. The van der Waals surface area contributed by atoms with Crippen molar-refractivity contribution in [2.75, 3.05) is 9.80 Å². The number of rotatable bonds is 6. The van der Waals surface area contributed by atoms with Crippen LogP contribution < -0.4 is 15.3 Å². The minimum absolute atomic E-state index is 0.139. The predicted molar refractivity (Wildman–Crippen MR) is 146 cm³/mol. The fourth-order valence-electron chi connectivity index (χ4n) is 5.19. The van der Waals surface area contributed by atoms with Crippen LogP contribution in [0.25, 0.3) is 0 Å². The van der Waals surface area contributed by atoms with Crippen LogP contribution in [-0.2, 0) is 19.2 Å². The maximum absolute atomic E-state index is 12.1. The van der Waals surface area contributed by atoms with Crippen LogP contribution in [0, 0.1) is 13.8 Å². The van der Waals surface area contributed by atoms with Crippen molar-refractivity contribution < 1.29 is 19.2 Å². The van der Waals surface area contributed by atoms with Gasteiger partial charge in [-0.15, -0.1) is 0 Å². The summed E-state index contributed by atoms with van der Waals surface area (Å²) in [5.41, 5.74) is 7.79. The summed E-state index contributed by atoms with van der Waals surface area (Å²) < 4.78 is 0. The molecule has 0 saturated heterocycles. The molecular formula is C30H25BN2O4. The molecule has 0 aliphatic carbocycles. The first-order chi connectivity index (χ1) is 17.8. The first-order valence-corrected chi connectivity index (χ1v) is 12.2. The topological polar surface area (TPSA) is 74.8 Å². The van der Waals surface area contributed by atoms with Crippen LogP contribution in [0.2, 0.25) is 6.82 Å². The highest BCUT2D eigenvalue weighted by Crippen LogP contribution is 2.37. The van der Waals surface area contributed by atoms with Crippen molar-refractivity contribution in [2.45, 2.75) is 26.6 Å². The third-order valence-electron chi connectivity index (χ3n) is 6.94. The standard InChI is InChI=1S/C30H25BN2O4/c1-18-16-22(31-3)17-19(2)29(18)30(20-4-8-23(9-5-20)32-25(34)12-13-26(32)35)21-6-10-24(11-7-21)33-27(36)14-15-28(33)37/h4-17,30-31H,1-3H3. The molecule has 2 aliphatic rings. The molecule has 4 amide bonds. The van der Waals surface area contributed by atoms with Gasteiger partial charge in [0, 0.05) is 30.2 Å². The Morgan fingerprint density at radius 1 is 0.595 bits per heavy atom. The van der Waals surface area contributed by atoms with Gasteiger partial charge in [0.1, 0.15) is 0 Å². The lowest BCUT2D eigenvalue weighted by Gasteiger charge is -2.25. The van der Waals surface area contributed by atoms with Crippen LogP contribution in [0.3, 0.4) is 0 Å². The molecule has 5 rings (SSSR count). The van der Waals surface area contributed by atoms with E-state index in [0.29, 0.717) is 11.4 Å². The van der Waals surface area contributed by atoms with Gasteiger partial charge in [-0.1, -0.05) is 48.7 Å². The summed E-state index contributed by atoms with van der Waals surface area (Å²) in [6, 6.07) is 19.3. The maximum atomic E-state index is 12.1. The van der Waals surface area contributed by atoms with Gasteiger partial charge in [-0.2, -0.15) is 0 Å². The largest absolute Gasteiger partial charge is 0.269 e. The molecular weight excluding hydrogens is 463 g/mol. The van der Waals surface area contributed by atoms with Crippen molar-refractivity contribution in [3.63, 3.8) is 0 Å². The molecule has 0 fully saturated rings. The van der Waals surface area contributed by atoms with Crippen molar-refractivity contribution in [1.29, 1.82) is 0 Å². The summed E-state index contributed by atoms with van der Waals surface area (Å²) in [5, 5.41) is 0. The van der Waals surface area contributed by atoms with Gasteiger partial charge in [0.25, 0.3) is 23.6 Å². The quantitative estimate of drug-likeness (QED) is 0.303. The van der Waals surface area contributed by atoms with Crippen molar-refractivity contribution >= 4 is 47.7 Å². The van der Waals surface area contributed by atoms with E-state index < -0.39 is 0 Å². The molecule has 0 spiro atoms. The first kappa shape index (κ1) is 24.2. The predicted octanol–water partition coefficient (Wildman–Crippen LogP) is 3.45. The molecule has 0 aromatic heterocycles. The van der Waals surface area contributed by atoms with Crippen LogP contribution in [0.1, 0.15) is 33.7 Å². The summed E-state index contributed by atoms with van der Waals surface area (Å²) in [7, 11) is 0.938. The van der Waals surface area contributed by atoms with E-state index in [-0.39, 0.29) is 29.5 Å². The number of hydrogen-bond donors (Lipinski definition) is 0. The summed E-state index contributed by atoms with van der Waals surface area (Å²) >= 11 is 0. The lowest BCUT2D eigenvalue weighted by atomic mass is 9.70. The van der Waals surface area contributed by atoms with Crippen molar-refractivity contribution in [3.8, 4) is 0 Å². The van der Waals surface area contributed by atoms with E-state index in [1.54, 1.807) is 24.3 Å². The number of carbonyl (C=O) groups is 4. The van der Waals surface area contributed by atoms with Crippen LogP contribution in [0.4, 0.5) is 11.4 Å².